The Morgan fingerprint density at radius 3 is 2.67 bits per heavy atom. The molecule has 2 aromatic heterocycles. The standard InChI is InChI=1S/C21H20BrN5/c22-16-6-7-18-17(12-16)19-20(25-18)21(24-14-23-19)27-10-8-26(9-11-27)13-15-4-2-1-3-5-15/h1-7,12,14,25H,8-11,13H2/p+1. The van der Waals surface area contributed by atoms with Crippen LogP contribution < -0.4 is 9.80 Å². The molecule has 5 rings (SSSR count). The molecule has 27 heavy (non-hydrogen) atoms. The molecular weight excluding hydrogens is 402 g/mol. The van der Waals surface area contributed by atoms with Crippen molar-refractivity contribution in [3.8, 4) is 0 Å². The number of H-pyrrole nitrogens is 1. The molecule has 0 unspecified atom stereocenters. The fourth-order valence-electron chi connectivity index (χ4n) is 3.99. The second kappa shape index (κ2) is 6.94. The molecule has 6 heteroatoms. The van der Waals surface area contributed by atoms with E-state index in [-0.39, 0.29) is 0 Å². The van der Waals surface area contributed by atoms with E-state index in [4.69, 9.17) is 0 Å². The molecule has 0 saturated carbocycles. The molecule has 2 N–H and O–H groups in total. The normalized spacial score (nSPS) is 15.7. The minimum absolute atomic E-state index is 0.996. The fraction of sp³-hybridized carbons (Fsp3) is 0.238. The smallest absolute Gasteiger partial charge is 0.156 e. The van der Waals surface area contributed by atoms with Crippen molar-refractivity contribution in [1.29, 1.82) is 0 Å². The topological polar surface area (TPSA) is 49.2 Å². The largest absolute Gasteiger partial charge is 0.350 e. The van der Waals surface area contributed by atoms with Gasteiger partial charge in [0, 0.05) is 20.9 Å². The molecule has 0 spiro atoms. The van der Waals surface area contributed by atoms with Crippen molar-refractivity contribution in [3.63, 3.8) is 0 Å². The highest BCUT2D eigenvalue weighted by Gasteiger charge is 2.23. The fourth-order valence-corrected chi connectivity index (χ4v) is 4.35. The van der Waals surface area contributed by atoms with Crippen molar-refractivity contribution in [3.05, 3.63) is 64.9 Å². The number of rotatable bonds is 3. The first-order valence-corrected chi connectivity index (χ1v) is 10.1. The number of hydrogen-bond acceptors (Lipinski definition) is 3. The molecule has 0 aliphatic carbocycles. The van der Waals surface area contributed by atoms with Gasteiger partial charge in [0.15, 0.2) is 5.82 Å². The lowest BCUT2D eigenvalue weighted by molar-refractivity contribution is -0.914. The molecule has 1 fully saturated rings. The summed E-state index contributed by atoms with van der Waals surface area (Å²) in [5, 5.41) is 1.14. The summed E-state index contributed by atoms with van der Waals surface area (Å²) in [6.07, 6.45) is 1.69. The minimum atomic E-state index is 0.996. The molecule has 1 saturated heterocycles. The first kappa shape index (κ1) is 16.7. The van der Waals surface area contributed by atoms with Crippen LogP contribution >= 0.6 is 15.9 Å². The Morgan fingerprint density at radius 1 is 1.04 bits per heavy atom. The maximum absolute atomic E-state index is 4.62. The van der Waals surface area contributed by atoms with Gasteiger partial charge in [0.1, 0.15) is 23.9 Å². The highest BCUT2D eigenvalue weighted by molar-refractivity contribution is 9.10. The third kappa shape index (κ3) is 3.19. The molecule has 1 aliphatic heterocycles. The second-order valence-electron chi connectivity index (χ2n) is 7.14. The van der Waals surface area contributed by atoms with Crippen LogP contribution in [0, 0.1) is 0 Å². The summed E-state index contributed by atoms with van der Waals surface area (Å²) in [4.78, 5) is 16.7. The van der Waals surface area contributed by atoms with Crippen LogP contribution in [-0.2, 0) is 6.54 Å². The maximum atomic E-state index is 4.62. The zero-order valence-electron chi connectivity index (χ0n) is 15.0. The van der Waals surface area contributed by atoms with Crippen molar-refractivity contribution in [2.45, 2.75) is 6.54 Å². The first-order chi connectivity index (χ1) is 13.3. The first-order valence-electron chi connectivity index (χ1n) is 9.32. The monoisotopic (exact) mass is 422 g/mol. The molecule has 0 bridgehead atoms. The molecule has 0 amide bonds. The molecule has 2 aromatic carbocycles. The van der Waals surface area contributed by atoms with E-state index in [1.807, 2.05) is 0 Å². The lowest BCUT2D eigenvalue weighted by Gasteiger charge is -2.33. The van der Waals surface area contributed by atoms with Gasteiger partial charge in [0.25, 0.3) is 0 Å². The van der Waals surface area contributed by atoms with Gasteiger partial charge in [-0.05, 0) is 18.2 Å². The van der Waals surface area contributed by atoms with Crippen molar-refractivity contribution in [1.82, 2.24) is 15.0 Å². The van der Waals surface area contributed by atoms with Crippen LogP contribution in [0.4, 0.5) is 5.82 Å². The summed E-state index contributed by atoms with van der Waals surface area (Å²) < 4.78 is 1.06. The van der Waals surface area contributed by atoms with Gasteiger partial charge in [-0.25, -0.2) is 9.97 Å². The number of hydrogen-bond donors (Lipinski definition) is 2. The third-order valence-electron chi connectivity index (χ3n) is 5.39. The van der Waals surface area contributed by atoms with E-state index in [2.05, 4.69) is 84.3 Å². The quantitative estimate of drug-likeness (QED) is 0.533. The molecule has 0 radical (unpaired) electrons. The summed E-state index contributed by atoms with van der Waals surface area (Å²) in [6, 6.07) is 17.0. The van der Waals surface area contributed by atoms with Gasteiger partial charge in [-0.15, -0.1) is 0 Å². The second-order valence-corrected chi connectivity index (χ2v) is 8.05. The van der Waals surface area contributed by atoms with Gasteiger partial charge in [-0.1, -0.05) is 46.3 Å². The SMILES string of the molecule is Brc1ccc2[nH]c3c(N4CC[NH+](Cc5ccccc5)CC4)ncnc3c2c1. The summed E-state index contributed by atoms with van der Waals surface area (Å²) in [7, 11) is 0. The Hall–Kier alpha value is -2.44. The van der Waals surface area contributed by atoms with Gasteiger partial charge in [0.05, 0.1) is 26.2 Å². The Bertz CT molecular complexity index is 1080. The van der Waals surface area contributed by atoms with Crippen molar-refractivity contribution in [2.75, 3.05) is 31.1 Å². The van der Waals surface area contributed by atoms with Crippen molar-refractivity contribution in [2.24, 2.45) is 0 Å². The number of nitrogens with zero attached hydrogens (tertiary/aromatic N) is 3. The van der Waals surface area contributed by atoms with Crippen LogP contribution in [0.5, 0.6) is 0 Å². The average Bonchev–Trinajstić information content (AvgIpc) is 3.07. The van der Waals surface area contributed by atoms with E-state index >= 15 is 0 Å². The molecule has 1 aliphatic rings. The number of piperazine rings is 1. The van der Waals surface area contributed by atoms with Gasteiger partial charge >= 0.3 is 0 Å². The van der Waals surface area contributed by atoms with E-state index in [1.54, 1.807) is 11.2 Å². The van der Waals surface area contributed by atoms with Crippen LogP contribution in [0.2, 0.25) is 0 Å². The summed E-state index contributed by atoms with van der Waals surface area (Å²) in [5.41, 5.74) is 4.54. The highest BCUT2D eigenvalue weighted by atomic mass is 79.9. The van der Waals surface area contributed by atoms with Gasteiger partial charge in [-0.2, -0.15) is 0 Å². The number of aromatic amines is 1. The zero-order chi connectivity index (χ0) is 18.2. The van der Waals surface area contributed by atoms with Gasteiger partial charge in [-0.3, -0.25) is 0 Å². The minimum Gasteiger partial charge on any atom is -0.350 e. The number of quaternary nitrogens is 1. The lowest BCUT2D eigenvalue weighted by atomic mass is 10.2. The lowest BCUT2D eigenvalue weighted by Crippen LogP contribution is -3.13. The van der Waals surface area contributed by atoms with E-state index in [9.17, 15) is 0 Å². The van der Waals surface area contributed by atoms with Crippen LogP contribution in [0.3, 0.4) is 0 Å². The average molecular weight is 423 g/mol. The van der Waals surface area contributed by atoms with E-state index < -0.39 is 0 Å². The van der Waals surface area contributed by atoms with Crippen molar-refractivity contribution < 1.29 is 4.90 Å². The summed E-state index contributed by atoms with van der Waals surface area (Å²) in [5.74, 6) is 1.02. The Balaban J connectivity index is 1.39. The number of anilines is 1. The van der Waals surface area contributed by atoms with Crippen LogP contribution in [-0.4, -0.2) is 41.1 Å². The molecule has 0 atom stereocenters. The summed E-state index contributed by atoms with van der Waals surface area (Å²) in [6.45, 7) is 5.34. The van der Waals surface area contributed by atoms with Crippen LogP contribution in [0.1, 0.15) is 5.56 Å². The summed E-state index contributed by atoms with van der Waals surface area (Å²) >= 11 is 3.56. The number of nitrogens with one attached hydrogen (secondary N) is 2. The van der Waals surface area contributed by atoms with Crippen LogP contribution in [0.25, 0.3) is 21.9 Å². The van der Waals surface area contributed by atoms with Crippen LogP contribution in [0.15, 0.2) is 59.3 Å². The molecule has 5 nitrogen and oxygen atoms in total. The van der Waals surface area contributed by atoms with Gasteiger partial charge < -0.3 is 14.8 Å². The number of fused-ring (bicyclic) bond motifs is 3. The predicted octanol–water partition coefficient (Wildman–Crippen LogP) is 2.78. The number of aromatic nitrogens is 3. The van der Waals surface area contributed by atoms with E-state index in [0.29, 0.717) is 0 Å². The van der Waals surface area contributed by atoms with Crippen molar-refractivity contribution >= 4 is 43.7 Å². The predicted molar refractivity (Wildman–Crippen MR) is 112 cm³/mol. The Morgan fingerprint density at radius 2 is 1.85 bits per heavy atom. The third-order valence-corrected chi connectivity index (χ3v) is 5.88. The molecular formula is C21H21BrN5+. The molecule has 4 aromatic rings. The number of benzene rings is 2. The van der Waals surface area contributed by atoms with E-state index in [1.165, 1.54) is 5.56 Å². The molecule has 136 valence electrons. The zero-order valence-corrected chi connectivity index (χ0v) is 16.5. The van der Waals surface area contributed by atoms with E-state index in [0.717, 1.165) is 65.0 Å². The molecule has 3 heterocycles. The Labute approximate surface area is 166 Å². The Kier molecular flexibility index (Phi) is 4.30. The van der Waals surface area contributed by atoms with Gasteiger partial charge in [0.2, 0.25) is 0 Å². The number of halogens is 1. The maximum Gasteiger partial charge on any atom is 0.156 e. The highest BCUT2D eigenvalue weighted by Crippen LogP contribution is 2.30.